The third kappa shape index (κ3) is 5.08. The Morgan fingerprint density at radius 3 is 2.04 bits per heavy atom. The Labute approximate surface area is 161 Å². The summed E-state index contributed by atoms with van der Waals surface area (Å²) in [5.41, 5.74) is -1.51. The van der Waals surface area contributed by atoms with Crippen molar-refractivity contribution in [2.45, 2.75) is 52.2 Å². The van der Waals surface area contributed by atoms with Crippen molar-refractivity contribution in [2.24, 2.45) is 10.8 Å². The number of esters is 2. The summed E-state index contributed by atoms with van der Waals surface area (Å²) >= 11 is 0. The van der Waals surface area contributed by atoms with Crippen molar-refractivity contribution in [3.8, 4) is 0 Å². The van der Waals surface area contributed by atoms with E-state index in [1.54, 1.807) is 12.2 Å². The zero-order valence-corrected chi connectivity index (χ0v) is 16.5. The third-order valence-electron chi connectivity index (χ3n) is 5.08. The van der Waals surface area contributed by atoms with E-state index in [4.69, 9.17) is 18.9 Å². The third-order valence-corrected chi connectivity index (χ3v) is 5.08. The summed E-state index contributed by atoms with van der Waals surface area (Å²) in [4.78, 5) is 24.6. The lowest BCUT2D eigenvalue weighted by atomic mass is 9.78. The number of hydrogen-bond acceptors (Lipinski definition) is 6. The van der Waals surface area contributed by atoms with Crippen LogP contribution in [0.5, 0.6) is 0 Å². The molecular formula is C21H30O6. The van der Waals surface area contributed by atoms with Crippen molar-refractivity contribution < 1.29 is 28.5 Å². The maximum Gasteiger partial charge on any atom is 0.327 e. The monoisotopic (exact) mass is 378 g/mol. The van der Waals surface area contributed by atoms with Crippen LogP contribution in [0.3, 0.4) is 0 Å². The Kier molecular flexibility index (Phi) is 7.00. The smallest absolute Gasteiger partial charge is 0.327 e. The van der Waals surface area contributed by atoms with Gasteiger partial charge in [0.25, 0.3) is 0 Å². The summed E-state index contributed by atoms with van der Waals surface area (Å²) in [6.45, 7) is 10.3. The first kappa shape index (κ1) is 21.4. The van der Waals surface area contributed by atoms with E-state index < -0.39 is 23.1 Å². The largest absolute Gasteiger partial charge is 0.427 e. The van der Waals surface area contributed by atoms with Gasteiger partial charge in [-0.1, -0.05) is 30.4 Å². The lowest BCUT2D eigenvalue weighted by molar-refractivity contribution is -0.284. The number of carbonyl (C=O) groups is 2. The Morgan fingerprint density at radius 1 is 0.926 bits per heavy atom. The molecule has 0 spiro atoms. The van der Waals surface area contributed by atoms with Crippen molar-refractivity contribution >= 4 is 11.9 Å². The van der Waals surface area contributed by atoms with Crippen molar-refractivity contribution in [1.82, 2.24) is 0 Å². The first-order chi connectivity index (χ1) is 12.8. The van der Waals surface area contributed by atoms with E-state index in [9.17, 15) is 9.59 Å². The van der Waals surface area contributed by atoms with E-state index in [1.165, 1.54) is 0 Å². The predicted molar refractivity (Wildman–Crippen MR) is 101 cm³/mol. The zero-order valence-electron chi connectivity index (χ0n) is 16.5. The SMILES string of the molecule is C=CCC1(C/C=C/CC2(C/C=C/C)C(=O)OCOC2=O)COC(C)(C)OC1. The van der Waals surface area contributed by atoms with Gasteiger partial charge in [0.2, 0.25) is 6.79 Å². The molecule has 0 unspecified atom stereocenters. The topological polar surface area (TPSA) is 71.1 Å². The van der Waals surface area contributed by atoms with Gasteiger partial charge in [-0.05, 0) is 46.5 Å². The normalized spacial score (nSPS) is 24.0. The highest BCUT2D eigenvalue weighted by Gasteiger charge is 2.50. The standard InChI is InChI=1S/C21H30O6/c1-5-7-12-21(17(22)24-16-25-18(21)23)13-9-8-11-20(10-6-2)14-26-19(3,4)27-15-20/h5-9H,2,10-16H2,1,3-4H3/b7-5+,9-8+. The summed E-state index contributed by atoms with van der Waals surface area (Å²) in [7, 11) is 0. The minimum atomic E-state index is -1.31. The molecule has 0 radical (unpaired) electrons. The molecular weight excluding hydrogens is 348 g/mol. The highest BCUT2D eigenvalue weighted by Crippen LogP contribution is 2.38. The molecule has 0 saturated carbocycles. The fraction of sp³-hybridized carbons (Fsp3) is 0.619. The summed E-state index contributed by atoms with van der Waals surface area (Å²) < 4.78 is 21.6. The fourth-order valence-corrected chi connectivity index (χ4v) is 3.21. The fourth-order valence-electron chi connectivity index (χ4n) is 3.21. The molecule has 2 heterocycles. The molecule has 27 heavy (non-hydrogen) atoms. The molecule has 2 aliphatic rings. The minimum Gasteiger partial charge on any atom is -0.427 e. The van der Waals surface area contributed by atoms with E-state index in [0.29, 0.717) is 19.6 Å². The van der Waals surface area contributed by atoms with Crippen LogP contribution in [-0.2, 0) is 28.5 Å². The highest BCUT2D eigenvalue weighted by atomic mass is 16.7. The lowest BCUT2D eigenvalue weighted by Crippen LogP contribution is -2.46. The molecule has 2 rings (SSSR count). The van der Waals surface area contributed by atoms with Crippen molar-refractivity contribution in [2.75, 3.05) is 20.0 Å². The Hall–Kier alpha value is -1.92. The number of allylic oxidation sites excluding steroid dienone is 5. The van der Waals surface area contributed by atoms with Gasteiger partial charge < -0.3 is 18.9 Å². The molecule has 0 aromatic rings. The summed E-state index contributed by atoms with van der Waals surface area (Å²) in [6, 6.07) is 0. The van der Waals surface area contributed by atoms with Gasteiger partial charge in [-0.2, -0.15) is 0 Å². The Morgan fingerprint density at radius 2 is 1.48 bits per heavy atom. The van der Waals surface area contributed by atoms with Gasteiger partial charge in [-0.3, -0.25) is 9.59 Å². The molecule has 0 amide bonds. The van der Waals surface area contributed by atoms with Crippen LogP contribution in [0.15, 0.2) is 37.0 Å². The molecule has 0 N–H and O–H groups in total. The van der Waals surface area contributed by atoms with Gasteiger partial charge in [0.15, 0.2) is 11.2 Å². The van der Waals surface area contributed by atoms with Gasteiger partial charge in [0.05, 0.1) is 13.2 Å². The molecule has 0 aliphatic carbocycles. The lowest BCUT2D eigenvalue weighted by Gasteiger charge is -2.42. The van der Waals surface area contributed by atoms with Crippen LogP contribution < -0.4 is 0 Å². The van der Waals surface area contributed by atoms with Gasteiger partial charge >= 0.3 is 11.9 Å². The molecule has 2 saturated heterocycles. The number of rotatable bonds is 8. The van der Waals surface area contributed by atoms with E-state index in [0.717, 1.165) is 6.42 Å². The molecule has 6 nitrogen and oxygen atoms in total. The number of cyclic esters (lactones) is 2. The van der Waals surface area contributed by atoms with Crippen LogP contribution in [0.25, 0.3) is 0 Å². The first-order valence-electron chi connectivity index (χ1n) is 9.29. The quantitative estimate of drug-likeness (QED) is 0.364. The first-order valence-corrected chi connectivity index (χ1v) is 9.29. The van der Waals surface area contributed by atoms with E-state index in [1.807, 2.05) is 39.0 Å². The second-order valence-electron chi connectivity index (χ2n) is 7.69. The van der Waals surface area contributed by atoms with Gasteiger partial charge in [0.1, 0.15) is 0 Å². The van der Waals surface area contributed by atoms with Crippen molar-refractivity contribution in [3.63, 3.8) is 0 Å². The molecule has 0 atom stereocenters. The molecule has 2 fully saturated rings. The number of hydrogen-bond donors (Lipinski definition) is 0. The van der Waals surface area contributed by atoms with Gasteiger partial charge in [-0.25, -0.2) is 0 Å². The van der Waals surface area contributed by atoms with Gasteiger partial charge in [-0.15, -0.1) is 6.58 Å². The van der Waals surface area contributed by atoms with Crippen molar-refractivity contribution in [1.29, 1.82) is 0 Å². The summed E-state index contributed by atoms with van der Waals surface area (Å²) in [6.07, 6.45) is 11.2. The van der Waals surface area contributed by atoms with Crippen LogP contribution >= 0.6 is 0 Å². The minimum absolute atomic E-state index is 0.197. The second-order valence-corrected chi connectivity index (χ2v) is 7.69. The average Bonchev–Trinajstić information content (AvgIpc) is 2.63. The van der Waals surface area contributed by atoms with Crippen molar-refractivity contribution in [3.05, 3.63) is 37.0 Å². The molecule has 6 heteroatoms. The van der Waals surface area contributed by atoms with Gasteiger partial charge in [0, 0.05) is 5.41 Å². The number of ether oxygens (including phenoxy) is 4. The predicted octanol–water partition coefficient (Wildman–Crippen LogP) is 3.68. The molecule has 0 aromatic carbocycles. The van der Waals surface area contributed by atoms with E-state index in [-0.39, 0.29) is 25.0 Å². The highest BCUT2D eigenvalue weighted by molar-refractivity contribution is 6.01. The maximum absolute atomic E-state index is 12.3. The Bertz CT molecular complexity index is 590. The molecule has 150 valence electrons. The second kappa shape index (κ2) is 8.85. The average molecular weight is 378 g/mol. The van der Waals surface area contributed by atoms with E-state index >= 15 is 0 Å². The van der Waals surface area contributed by atoms with Crippen LogP contribution in [0, 0.1) is 10.8 Å². The van der Waals surface area contributed by atoms with Crippen LogP contribution in [0.2, 0.25) is 0 Å². The maximum atomic E-state index is 12.3. The van der Waals surface area contributed by atoms with Crippen LogP contribution in [-0.4, -0.2) is 37.7 Å². The van der Waals surface area contributed by atoms with Crippen LogP contribution in [0.1, 0.15) is 46.5 Å². The number of carbonyl (C=O) groups excluding carboxylic acids is 2. The van der Waals surface area contributed by atoms with Crippen LogP contribution in [0.4, 0.5) is 0 Å². The molecule has 2 aliphatic heterocycles. The molecule has 0 aromatic heterocycles. The summed E-state index contributed by atoms with van der Waals surface area (Å²) in [5.74, 6) is -1.65. The zero-order chi connectivity index (χ0) is 20.0. The van der Waals surface area contributed by atoms with E-state index in [2.05, 4.69) is 6.58 Å². The molecule has 0 bridgehead atoms. The summed E-state index contributed by atoms with van der Waals surface area (Å²) in [5, 5.41) is 0. The Balaban J connectivity index is 2.07.